The van der Waals surface area contributed by atoms with E-state index >= 15 is 0 Å². The number of fused-ring (bicyclic) bond motifs is 1. The maximum atomic E-state index is 5.45. The van der Waals surface area contributed by atoms with Crippen LogP contribution < -0.4 is 0 Å². The maximum absolute atomic E-state index is 5.45. The molecule has 1 aliphatic carbocycles. The van der Waals surface area contributed by atoms with Crippen LogP contribution in [0.3, 0.4) is 0 Å². The van der Waals surface area contributed by atoms with Gasteiger partial charge in [-0.1, -0.05) is 22.0 Å². The van der Waals surface area contributed by atoms with E-state index in [9.17, 15) is 0 Å². The Hall–Kier alpha value is -0.340. The fourth-order valence-electron chi connectivity index (χ4n) is 1.97. The molecule has 0 aliphatic heterocycles. The van der Waals surface area contributed by atoms with E-state index in [4.69, 9.17) is 4.74 Å². The molecule has 70 valence electrons. The monoisotopic (exact) mass is 240 g/mol. The van der Waals surface area contributed by atoms with E-state index in [0.717, 1.165) is 10.9 Å². The van der Waals surface area contributed by atoms with Crippen molar-refractivity contribution in [1.82, 2.24) is 0 Å². The van der Waals surface area contributed by atoms with Gasteiger partial charge in [-0.05, 0) is 42.5 Å². The van der Waals surface area contributed by atoms with Crippen molar-refractivity contribution >= 4 is 15.9 Å². The molecule has 1 aromatic carbocycles. The predicted octanol–water partition coefficient (Wildman–Crippen LogP) is 3.47. The summed E-state index contributed by atoms with van der Waals surface area (Å²) < 4.78 is 6.60. The first-order valence-electron chi connectivity index (χ1n) is 4.62. The number of benzene rings is 1. The topological polar surface area (TPSA) is 9.23 Å². The first kappa shape index (κ1) is 9.22. The Morgan fingerprint density at radius 3 is 3.08 bits per heavy atom. The number of methoxy groups -OCH3 is 1. The highest BCUT2D eigenvalue weighted by atomic mass is 79.9. The molecule has 0 saturated heterocycles. The van der Waals surface area contributed by atoms with Gasteiger partial charge in [0.15, 0.2) is 0 Å². The number of hydrogen-bond acceptors (Lipinski definition) is 1. The lowest BCUT2D eigenvalue weighted by Gasteiger charge is -2.24. The molecule has 0 spiro atoms. The van der Waals surface area contributed by atoms with Crippen molar-refractivity contribution in [2.24, 2.45) is 0 Å². The lowest BCUT2D eigenvalue weighted by molar-refractivity contribution is 0.0880. The van der Waals surface area contributed by atoms with Crippen LogP contribution in [0.4, 0.5) is 0 Å². The second-order valence-corrected chi connectivity index (χ2v) is 4.38. The van der Waals surface area contributed by atoms with Crippen LogP contribution in [0.5, 0.6) is 0 Å². The molecule has 0 amide bonds. The minimum absolute atomic E-state index is 0.307. The van der Waals surface area contributed by atoms with E-state index in [0.29, 0.717) is 6.10 Å². The largest absolute Gasteiger partial charge is 0.377 e. The Morgan fingerprint density at radius 2 is 2.31 bits per heavy atom. The zero-order valence-electron chi connectivity index (χ0n) is 7.72. The van der Waals surface area contributed by atoms with Gasteiger partial charge in [0, 0.05) is 11.6 Å². The molecule has 0 N–H and O–H groups in total. The van der Waals surface area contributed by atoms with Crippen molar-refractivity contribution in [3.63, 3.8) is 0 Å². The van der Waals surface area contributed by atoms with Gasteiger partial charge in [0.1, 0.15) is 0 Å². The normalized spacial score (nSPS) is 21.2. The average molecular weight is 241 g/mol. The Labute approximate surface area is 87.2 Å². The average Bonchev–Trinajstić information content (AvgIpc) is 2.17. The molecule has 0 radical (unpaired) electrons. The fraction of sp³-hybridized carbons (Fsp3) is 0.455. The predicted molar refractivity (Wildman–Crippen MR) is 56.8 cm³/mol. The summed E-state index contributed by atoms with van der Waals surface area (Å²) in [4.78, 5) is 0. The van der Waals surface area contributed by atoms with E-state index in [1.54, 1.807) is 7.11 Å². The van der Waals surface area contributed by atoms with Crippen LogP contribution in [0.1, 0.15) is 30.1 Å². The van der Waals surface area contributed by atoms with Crippen molar-refractivity contribution in [3.8, 4) is 0 Å². The number of aryl methyl sites for hydroxylation is 1. The van der Waals surface area contributed by atoms with Gasteiger partial charge in [-0.15, -0.1) is 0 Å². The highest BCUT2D eigenvalue weighted by Gasteiger charge is 2.19. The Bertz CT molecular complexity index is 309. The highest BCUT2D eigenvalue weighted by Crippen LogP contribution is 2.33. The van der Waals surface area contributed by atoms with Crippen LogP contribution in [-0.4, -0.2) is 7.11 Å². The molecule has 0 heterocycles. The Kier molecular flexibility index (Phi) is 2.70. The van der Waals surface area contributed by atoms with E-state index in [2.05, 4.69) is 34.1 Å². The molecule has 1 unspecified atom stereocenters. The van der Waals surface area contributed by atoms with E-state index in [1.165, 1.54) is 24.0 Å². The number of rotatable bonds is 1. The van der Waals surface area contributed by atoms with Gasteiger partial charge < -0.3 is 4.74 Å². The molecule has 0 aromatic heterocycles. The third-order valence-electron chi connectivity index (χ3n) is 2.65. The molecule has 1 atom stereocenters. The summed E-state index contributed by atoms with van der Waals surface area (Å²) in [5, 5.41) is 0. The van der Waals surface area contributed by atoms with Crippen molar-refractivity contribution in [3.05, 3.63) is 33.8 Å². The lowest BCUT2D eigenvalue weighted by atomic mass is 9.89. The summed E-state index contributed by atoms with van der Waals surface area (Å²) >= 11 is 3.49. The van der Waals surface area contributed by atoms with Gasteiger partial charge in [0.05, 0.1) is 6.10 Å². The minimum atomic E-state index is 0.307. The van der Waals surface area contributed by atoms with Crippen molar-refractivity contribution in [1.29, 1.82) is 0 Å². The van der Waals surface area contributed by atoms with E-state index in [-0.39, 0.29) is 0 Å². The van der Waals surface area contributed by atoms with Crippen molar-refractivity contribution < 1.29 is 4.74 Å². The zero-order chi connectivity index (χ0) is 9.26. The second-order valence-electron chi connectivity index (χ2n) is 3.46. The first-order valence-corrected chi connectivity index (χ1v) is 5.41. The molecule has 0 bridgehead atoms. The van der Waals surface area contributed by atoms with Gasteiger partial charge >= 0.3 is 0 Å². The van der Waals surface area contributed by atoms with Gasteiger partial charge in [-0.2, -0.15) is 0 Å². The highest BCUT2D eigenvalue weighted by molar-refractivity contribution is 9.10. The standard InChI is InChI=1S/C11H13BrO/c1-13-11-4-2-3-8-5-6-9(12)7-10(8)11/h5-7,11H,2-4H2,1H3. The Morgan fingerprint density at radius 1 is 1.46 bits per heavy atom. The molecular formula is C11H13BrO. The van der Waals surface area contributed by atoms with Crippen LogP contribution in [0.2, 0.25) is 0 Å². The van der Waals surface area contributed by atoms with Gasteiger partial charge in [0.2, 0.25) is 0 Å². The van der Waals surface area contributed by atoms with E-state index < -0.39 is 0 Å². The van der Waals surface area contributed by atoms with E-state index in [1.807, 2.05) is 0 Å². The molecule has 2 heteroatoms. The molecule has 1 aromatic rings. The molecule has 0 saturated carbocycles. The van der Waals surface area contributed by atoms with Crippen LogP contribution in [-0.2, 0) is 11.2 Å². The minimum Gasteiger partial charge on any atom is -0.377 e. The molecule has 1 aliphatic rings. The lowest BCUT2D eigenvalue weighted by Crippen LogP contribution is -2.11. The molecule has 13 heavy (non-hydrogen) atoms. The zero-order valence-corrected chi connectivity index (χ0v) is 9.30. The van der Waals surface area contributed by atoms with Gasteiger partial charge in [-0.25, -0.2) is 0 Å². The summed E-state index contributed by atoms with van der Waals surface area (Å²) in [6.45, 7) is 0. The van der Waals surface area contributed by atoms with Crippen LogP contribution in [0.25, 0.3) is 0 Å². The summed E-state index contributed by atoms with van der Waals surface area (Å²) in [5.74, 6) is 0. The summed E-state index contributed by atoms with van der Waals surface area (Å²) in [6, 6.07) is 6.49. The summed E-state index contributed by atoms with van der Waals surface area (Å²) in [7, 11) is 1.79. The van der Waals surface area contributed by atoms with Gasteiger partial charge in [-0.3, -0.25) is 0 Å². The van der Waals surface area contributed by atoms with Gasteiger partial charge in [0.25, 0.3) is 0 Å². The quantitative estimate of drug-likeness (QED) is 0.731. The third-order valence-corrected chi connectivity index (χ3v) is 3.14. The summed E-state index contributed by atoms with van der Waals surface area (Å²) in [5.41, 5.74) is 2.81. The fourth-order valence-corrected chi connectivity index (χ4v) is 2.35. The van der Waals surface area contributed by atoms with Crippen molar-refractivity contribution in [2.75, 3.05) is 7.11 Å². The van der Waals surface area contributed by atoms with Crippen LogP contribution in [0.15, 0.2) is 22.7 Å². The second kappa shape index (κ2) is 3.81. The molecule has 0 fully saturated rings. The smallest absolute Gasteiger partial charge is 0.0824 e. The Balaban J connectivity index is 2.41. The molecular weight excluding hydrogens is 228 g/mol. The SMILES string of the molecule is COC1CCCc2ccc(Br)cc21. The maximum Gasteiger partial charge on any atom is 0.0824 e. The number of ether oxygens (including phenoxy) is 1. The molecule has 1 nitrogen and oxygen atoms in total. The molecule has 2 rings (SSSR count). The number of hydrogen-bond donors (Lipinski definition) is 0. The van der Waals surface area contributed by atoms with Crippen molar-refractivity contribution in [2.45, 2.75) is 25.4 Å². The van der Waals surface area contributed by atoms with Crippen LogP contribution in [0, 0.1) is 0 Å². The number of halogens is 1. The first-order chi connectivity index (χ1) is 6.31. The summed E-state index contributed by atoms with van der Waals surface area (Å²) in [6.07, 6.45) is 3.90. The third kappa shape index (κ3) is 1.79. The van der Waals surface area contributed by atoms with Crippen LogP contribution >= 0.6 is 15.9 Å².